The van der Waals surface area contributed by atoms with Crippen LogP contribution in [0.5, 0.6) is 11.5 Å². The molecule has 0 aliphatic heterocycles. The second-order valence-electron chi connectivity index (χ2n) is 6.15. The number of nitrogens with zero attached hydrogens (tertiary/aromatic N) is 3. The number of amides is 1. The maximum atomic E-state index is 12.5. The number of hydrogen-bond donors (Lipinski definition) is 1. The molecule has 1 atom stereocenters. The molecule has 0 spiro atoms. The number of benzene rings is 2. The van der Waals surface area contributed by atoms with Gasteiger partial charge in [0.05, 0.1) is 31.7 Å². The number of nitrogens with one attached hydrogen (secondary N) is 1. The van der Waals surface area contributed by atoms with Crippen LogP contribution in [0.15, 0.2) is 53.9 Å². The lowest BCUT2D eigenvalue weighted by molar-refractivity contribution is -0.119. The summed E-state index contributed by atoms with van der Waals surface area (Å²) in [6.07, 6.45) is 1.59. The van der Waals surface area contributed by atoms with Crippen molar-refractivity contribution >= 4 is 29.3 Å². The summed E-state index contributed by atoms with van der Waals surface area (Å²) in [7, 11) is 3.19. The van der Waals surface area contributed by atoms with Crippen LogP contribution >= 0.6 is 23.4 Å². The summed E-state index contributed by atoms with van der Waals surface area (Å²) in [5.74, 6) is 1.45. The van der Waals surface area contributed by atoms with Crippen LogP contribution in [0.1, 0.15) is 18.5 Å². The Bertz CT molecular complexity index is 995. The third-order valence-corrected chi connectivity index (χ3v) is 5.39. The Morgan fingerprint density at radius 1 is 1.24 bits per heavy atom. The highest BCUT2D eigenvalue weighted by molar-refractivity contribution is 7.99. The second-order valence-corrected chi connectivity index (χ2v) is 7.53. The molecule has 1 unspecified atom stereocenters. The molecule has 1 amide bonds. The lowest BCUT2D eigenvalue weighted by Gasteiger charge is -2.18. The summed E-state index contributed by atoms with van der Waals surface area (Å²) in [5, 5.41) is 12.2. The number of halogens is 1. The Morgan fingerprint density at radius 2 is 2.07 bits per heavy atom. The van der Waals surface area contributed by atoms with E-state index in [2.05, 4.69) is 15.5 Å². The molecule has 29 heavy (non-hydrogen) atoms. The Kier molecular flexibility index (Phi) is 7.00. The van der Waals surface area contributed by atoms with E-state index in [4.69, 9.17) is 21.1 Å². The molecule has 3 aromatic rings. The molecule has 0 radical (unpaired) electrons. The zero-order valence-electron chi connectivity index (χ0n) is 16.3. The van der Waals surface area contributed by atoms with Crippen LogP contribution < -0.4 is 14.8 Å². The van der Waals surface area contributed by atoms with E-state index < -0.39 is 0 Å². The normalized spacial score (nSPS) is 11.7. The maximum absolute atomic E-state index is 12.5. The fourth-order valence-electron chi connectivity index (χ4n) is 2.79. The first-order chi connectivity index (χ1) is 14.0. The van der Waals surface area contributed by atoms with Crippen molar-refractivity contribution in [1.29, 1.82) is 0 Å². The van der Waals surface area contributed by atoms with Crippen molar-refractivity contribution in [2.75, 3.05) is 20.0 Å². The lowest BCUT2D eigenvalue weighted by Crippen LogP contribution is -2.28. The molecule has 0 aliphatic carbocycles. The van der Waals surface area contributed by atoms with E-state index in [1.807, 2.05) is 43.3 Å². The molecule has 0 fully saturated rings. The highest BCUT2D eigenvalue weighted by Crippen LogP contribution is 2.29. The summed E-state index contributed by atoms with van der Waals surface area (Å²) < 4.78 is 12.5. The largest absolute Gasteiger partial charge is 0.497 e. The van der Waals surface area contributed by atoms with Crippen LogP contribution in [0, 0.1) is 0 Å². The van der Waals surface area contributed by atoms with Gasteiger partial charge in [-0.05, 0) is 43.3 Å². The van der Waals surface area contributed by atoms with E-state index in [9.17, 15) is 4.79 Å². The first-order valence-corrected chi connectivity index (χ1v) is 10.2. The van der Waals surface area contributed by atoms with Gasteiger partial charge in [0.2, 0.25) is 5.91 Å². The van der Waals surface area contributed by atoms with Crippen molar-refractivity contribution in [2.24, 2.45) is 0 Å². The van der Waals surface area contributed by atoms with Gasteiger partial charge in [-0.2, -0.15) is 0 Å². The summed E-state index contributed by atoms with van der Waals surface area (Å²) in [5.41, 5.74) is 1.67. The van der Waals surface area contributed by atoms with E-state index in [-0.39, 0.29) is 17.7 Å². The number of carbonyl (C=O) groups excluding carboxylic acids is 1. The third-order valence-electron chi connectivity index (χ3n) is 4.22. The van der Waals surface area contributed by atoms with E-state index >= 15 is 0 Å². The van der Waals surface area contributed by atoms with Crippen molar-refractivity contribution in [3.05, 3.63) is 59.4 Å². The van der Waals surface area contributed by atoms with Gasteiger partial charge in [-0.25, -0.2) is 0 Å². The van der Waals surface area contributed by atoms with Crippen LogP contribution in [0.2, 0.25) is 5.02 Å². The molecule has 3 rings (SSSR count). The molecule has 0 aliphatic rings. The van der Waals surface area contributed by atoms with Gasteiger partial charge in [-0.15, -0.1) is 10.2 Å². The van der Waals surface area contributed by atoms with Crippen molar-refractivity contribution in [3.63, 3.8) is 0 Å². The second kappa shape index (κ2) is 9.67. The van der Waals surface area contributed by atoms with Gasteiger partial charge < -0.3 is 14.8 Å². The number of ether oxygens (including phenoxy) is 2. The van der Waals surface area contributed by atoms with Crippen LogP contribution in [-0.2, 0) is 4.79 Å². The van der Waals surface area contributed by atoms with E-state index in [1.165, 1.54) is 11.8 Å². The van der Waals surface area contributed by atoms with E-state index in [1.54, 1.807) is 31.2 Å². The fraction of sp³-hybridized carbons (Fsp3) is 0.250. The minimum absolute atomic E-state index is 0.131. The molecule has 1 aromatic heterocycles. The molecule has 7 nitrogen and oxygen atoms in total. The van der Waals surface area contributed by atoms with Crippen LogP contribution in [-0.4, -0.2) is 40.6 Å². The van der Waals surface area contributed by atoms with Crippen molar-refractivity contribution in [2.45, 2.75) is 18.1 Å². The van der Waals surface area contributed by atoms with Crippen molar-refractivity contribution in [1.82, 2.24) is 20.1 Å². The van der Waals surface area contributed by atoms with Crippen LogP contribution in [0.3, 0.4) is 0 Å². The fourth-order valence-corrected chi connectivity index (χ4v) is 3.72. The summed E-state index contributed by atoms with van der Waals surface area (Å²) in [6, 6.07) is 12.6. The highest BCUT2D eigenvalue weighted by Gasteiger charge is 2.16. The topological polar surface area (TPSA) is 78.3 Å². The molecule has 9 heteroatoms. The first kappa shape index (κ1) is 21.0. The van der Waals surface area contributed by atoms with Gasteiger partial charge in [-0.3, -0.25) is 9.36 Å². The Labute approximate surface area is 178 Å². The van der Waals surface area contributed by atoms with Gasteiger partial charge in [-0.1, -0.05) is 29.4 Å². The Morgan fingerprint density at radius 3 is 2.79 bits per heavy atom. The van der Waals surface area contributed by atoms with E-state index in [0.717, 1.165) is 11.3 Å². The summed E-state index contributed by atoms with van der Waals surface area (Å²) >= 11 is 7.35. The van der Waals surface area contributed by atoms with E-state index in [0.29, 0.717) is 21.7 Å². The molecule has 0 bridgehead atoms. The number of methoxy groups -OCH3 is 2. The molecular formula is C20H21ClN4O3S. The van der Waals surface area contributed by atoms with Gasteiger partial charge in [0, 0.05) is 10.6 Å². The molecule has 152 valence electrons. The highest BCUT2D eigenvalue weighted by atomic mass is 35.5. The molecular weight excluding hydrogens is 412 g/mol. The summed E-state index contributed by atoms with van der Waals surface area (Å²) in [4.78, 5) is 12.5. The number of hydrogen-bond acceptors (Lipinski definition) is 6. The zero-order valence-corrected chi connectivity index (χ0v) is 17.8. The number of carbonyl (C=O) groups is 1. The number of rotatable bonds is 8. The van der Waals surface area contributed by atoms with Gasteiger partial charge in [0.1, 0.15) is 17.8 Å². The minimum Gasteiger partial charge on any atom is -0.497 e. The van der Waals surface area contributed by atoms with Gasteiger partial charge in [0.25, 0.3) is 0 Å². The lowest BCUT2D eigenvalue weighted by atomic mass is 10.1. The third kappa shape index (κ3) is 5.21. The van der Waals surface area contributed by atoms with Gasteiger partial charge in [0.15, 0.2) is 5.16 Å². The molecule has 1 heterocycles. The summed E-state index contributed by atoms with van der Waals surface area (Å²) in [6.45, 7) is 1.90. The number of aromatic nitrogens is 3. The molecule has 1 N–H and O–H groups in total. The Hall–Kier alpha value is -2.71. The quantitative estimate of drug-likeness (QED) is 0.544. The Balaban J connectivity index is 1.65. The molecule has 2 aromatic carbocycles. The average Bonchev–Trinajstić information content (AvgIpc) is 3.20. The van der Waals surface area contributed by atoms with Gasteiger partial charge >= 0.3 is 0 Å². The molecule has 0 saturated heterocycles. The average molecular weight is 433 g/mol. The molecule has 0 saturated carbocycles. The minimum atomic E-state index is -0.251. The zero-order chi connectivity index (χ0) is 20.8. The number of thioether (sulfide) groups is 1. The SMILES string of the molecule is COc1ccc(OC)c(C(C)NC(=O)CSc2nncn2-c2cccc(Cl)c2)c1. The predicted octanol–water partition coefficient (Wildman–Crippen LogP) is 3.91. The maximum Gasteiger partial charge on any atom is 0.230 e. The predicted molar refractivity (Wildman–Crippen MR) is 113 cm³/mol. The van der Waals surface area contributed by atoms with Crippen molar-refractivity contribution in [3.8, 4) is 17.2 Å². The smallest absolute Gasteiger partial charge is 0.230 e. The van der Waals surface area contributed by atoms with Crippen LogP contribution in [0.4, 0.5) is 0 Å². The standard InChI is InChI=1S/C20H21ClN4O3S/c1-13(17-10-16(27-2)7-8-18(17)28-3)23-19(26)11-29-20-24-22-12-25(20)15-6-4-5-14(21)9-15/h4-10,12-13H,11H2,1-3H3,(H,23,26). The van der Waals surface area contributed by atoms with Crippen LogP contribution in [0.25, 0.3) is 5.69 Å². The van der Waals surface area contributed by atoms with Crippen molar-refractivity contribution < 1.29 is 14.3 Å². The first-order valence-electron chi connectivity index (χ1n) is 8.82. The monoisotopic (exact) mass is 432 g/mol.